The molecule has 0 aromatic carbocycles. The van der Waals surface area contributed by atoms with E-state index in [4.69, 9.17) is 0 Å². The van der Waals surface area contributed by atoms with E-state index >= 15 is 0 Å². The lowest BCUT2D eigenvalue weighted by atomic mass is 9.92. The molecule has 5 nitrogen and oxygen atoms in total. The van der Waals surface area contributed by atoms with Gasteiger partial charge in [0, 0.05) is 37.4 Å². The van der Waals surface area contributed by atoms with Crippen molar-refractivity contribution < 1.29 is 4.79 Å². The van der Waals surface area contributed by atoms with Crippen LogP contribution in [0.25, 0.3) is 0 Å². The molecule has 2 unspecified atom stereocenters. The number of hydrazine groups is 1. The van der Waals surface area contributed by atoms with Crippen LogP contribution >= 0.6 is 0 Å². The van der Waals surface area contributed by atoms with Crippen LogP contribution < -0.4 is 16.2 Å². The Kier molecular flexibility index (Phi) is 6.14. The zero-order valence-corrected chi connectivity index (χ0v) is 12.9. The highest BCUT2D eigenvalue weighted by molar-refractivity contribution is 5.76. The number of hydrogen-bond donors (Lipinski definition) is 3. The SMILES string of the molecule is CC1NNC(C)C1CCCNC(=O)CCc1cccnc1. The Hall–Kier alpha value is -1.46. The molecular weight excluding hydrogens is 264 g/mol. The molecule has 116 valence electrons. The summed E-state index contributed by atoms with van der Waals surface area (Å²) < 4.78 is 0. The number of nitrogens with one attached hydrogen (secondary N) is 3. The minimum Gasteiger partial charge on any atom is -0.356 e. The van der Waals surface area contributed by atoms with Gasteiger partial charge in [-0.3, -0.25) is 20.6 Å². The monoisotopic (exact) mass is 290 g/mol. The predicted molar refractivity (Wildman–Crippen MR) is 83.5 cm³/mol. The molecule has 0 saturated carbocycles. The molecule has 2 atom stereocenters. The summed E-state index contributed by atoms with van der Waals surface area (Å²) in [5.41, 5.74) is 7.64. The van der Waals surface area contributed by atoms with Crippen molar-refractivity contribution in [3.05, 3.63) is 30.1 Å². The van der Waals surface area contributed by atoms with Crippen molar-refractivity contribution in [2.24, 2.45) is 5.92 Å². The molecule has 5 heteroatoms. The van der Waals surface area contributed by atoms with E-state index in [9.17, 15) is 4.79 Å². The molecule has 1 fully saturated rings. The van der Waals surface area contributed by atoms with E-state index in [0.29, 0.717) is 24.4 Å². The van der Waals surface area contributed by atoms with E-state index in [1.165, 1.54) is 0 Å². The Morgan fingerprint density at radius 2 is 2.10 bits per heavy atom. The zero-order valence-electron chi connectivity index (χ0n) is 12.9. The number of rotatable bonds is 7. The highest BCUT2D eigenvalue weighted by atomic mass is 16.1. The second-order valence-electron chi connectivity index (χ2n) is 5.88. The first kappa shape index (κ1) is 15.9. The van der Waals surface area contributed by atoms with Gasteiger partial charge in [0.15, 0.2) is 0 Å². The summed E-state index contributed by atoms with van der Waals surface area (Å²) in [5.74, 6) is 0.764. The van der Waals surface area contributed by atoms with Gasteiger partial charge in [0.25, 0.3) is 0 Å². The van der Waals surface area contributed by atoms with E-state index in [1.807, 2.05) is 18.3 Å². The topological polar surface area (TPSA) is 66.0 Å². The van der Waals surface area contributed by atoms with E-state index in [-0.39, 0.29) is 5.91 Å². The number of aryl methyl sites for hydroxylation is 1. The normalized spacial score (nSPS) is 25.0. The van der Waals surface area contributed by atoms with Gasteiger partial charge in [-0.25, -0.2) is 0 Å². The number of amides is 1. The molecule has 21 heavy (non-hydrogen) atoms. The molecule has 2 heterocycles. The van der Waals surface area contributed by atoms with Crippen LogP contribution in [0.2, 0.25) is 0 Å². The lowest BCUT2D eigenvalue weighted by Crippen LogP contribution is -2.30. The fraction of sp³-hybridized carbons (Fsp3) is 0.625. The lowest BCUT2D eigenvalue weighted by Gasteiger charge is -2.17. The number of hydrogen-bond acceptors (Lipinski definition) is 4. The summed E-state index contributed by atoms with van der Waals surface area (Å²) in [6.45, 7) is 5.17. The molecule has 1 aromatic heterocycles. The van der Waals surface area contributed by atoms with Gasteiger partial charge >= 0.3 is 0 Å². The molecule has 2 rings (SSSR count). The Morgan fingerprint density at radius 1 is 1.33 bits per heavy atom. The molecule has 0 spiro atoms. The third-order valence-electron chi connectivity index (χ3n) is 4.22. The second kappa shape index (κ2) is 8.10. The molecule has 0 bridgehead atoms. The van der Waals surface area contributed by atoms with Gasteiger partial charge in [-0.15, -0.1) is 0 Å². The molecule has 1 aliphatic heterocycles. The van der Waals surface area contributed by atoms with E-state index in [2.05, 4.69) is 35.0 Å². The predicted octanol–water partition coefficient (Wildman–Crippen LogP) is 1.41. The Labute approximate surface area is 126 Å². The van der Waals surface area contributed by atoms with Gasteiger partial charge in [0.2, 0.25) is 5.91 Å². The van der Waals surface area contributed by atoms with Gasteiger partial charge in [0.05, 0.1) is 0 Å². The molecule has 1 amide bonds. The van der Waals surface area contributed by atoms with Crippen LogP contribution in [0.1, 0.15) is 38.7 Å². The lowest BCUT2D eigenvalue weighted by molar-refractivity contribution is -0.121. The Morgan fingerprint density at radius 3 is 2.76 bits per heavy atom. The van der Waals surface area contributed by atoms with Gasteiger partial charge in [-0.2, -0.15) is 0 Å². The van der Waals surface area contributed by atoms with Gasteiger partial charge in [0.1, 0.15) is 0 Å². The summed E-state index contributed by atoms with van der Waals surface area (Å²) in [6.07, 6.45) is 7.01. The van der Waals surface area contributed by atoms with Crippen molar-refractivity contribution in [3.63, 3.8) is 0 Å². The van der Waals surface area contributed by atoms with Gasteiger partial charge < -0.3 is 5.32 Å². The highest BCUT2D eigenvalue weighted by Gasteiger charge is 2.28. The van der Waals surface area contributed by atoms with Crippen molar-refractivity contribution in [2.75, 3.05) is 6.54 Å². The van der Waals surface area contributed by atoms with Crippen LogP contribution in [0.3, 0.4) is 0 Å². The first-order chi connectivity index (χ1) is 10.2. The van der Waals surface area contributed by atoms with E-state index in [0.717, 1.165) is 31.4 Å². The number of pyridine rings is 1. The van der Waals surface area contributed by atoms with E-state index in [1.54, 1.807) is 6.20 Å². The first-order valence-electron chi connectivity index (χ1n) is 7.83. The molecule has 1 aromatic rings. The van der Waals surface area contributed by atoms with Crippen molar-refractivity contribution in [1.29, 1.82) is 0 Å². The van der Waals surface area contributed by atoms with Crippen molar-refractivity contribution in [1.82, 2.24) is 21.2 Å². The number of carbonyl (C=O) groups excluding carboxylic acids is 1. The fourth-order valence-corrected chi connectivity index (χ4v) is 2.87. The molecule has 0 aliphatic carbocycles. The summed E-state index contributed by atoms with van der Waals surface area (Å²) in [7, 11) is 0. The minimum atomic E-state index is 0.127. The smallest absolute Gasteiger partial charge is 0.220 e. The zero-order chi connectivity index (χ0) is 15.1. The second-order valence-corrected chi connectivity index (χ2v) is 5.88. The third-order valence-corrected chi connectivity index (χ3v) is 4.22. The minimum absolute atomic E-state index is 0.127. The van der Waals surface area contributed by atoms with Crippen LogP contribution in [0.4, 0.5) is 0 Å². The van der Waals surface area contributed by atoms with Crippen LogP contribution in [-0.2, 0) is 11.2 Å². The quantitative estimate of drug-likeness (QED) is 0.664. The highest BCUT2D eigenvalue weighted by Crippen LogP contribution is 2.19. The fourth-order valence-electron chi connectivity index (χ4n) is 2.87. The van der Waals surface area contributed by atoms with Crippen LogP contribution in [-0.4, -0.2) is 29.5 Å². The maximum Gasteiger partial charge on any atom is 0.220 e. The maximum atomic E-state index is 11.8. The van der Waals surface area contributed by atoms with Gasteiger partial charge in [-0.05, 0) is 50.7 Å². The summed E-state index contributed by atoms with van der Waals surface area (Å²) >= 11 is 0. The average molecular weight is 290 g/mol. The van der Waals surface area contributed by atoms with Crippen LogP contribution in [0.5, 0.6) is 0 Å². The summed E-state index contributed by atoms with van der Waals surface area (Å²) in [5, 5.41) is 3.01. The Bertz CT molecular complexity index is 427. The van der Waals surface area contributed by atoms with E-state index < -0.39 is 0 Å². The molecule has 0 radical (unpaired) electrons. The molecule has 1 saturated heterocycles. The Balaban J connectivity index is 1.57. The first-order valence-corrected chi connectivity index (χ1v) is 7.83. The van der Waals surface area contributed by atoms with Crippen molar-refractivity contribution in [2.45, 2.75) is 51.6 Å². The van der Waals surface area contributed by atoms with Crippen LogP contribution in [0, 0.1) is 5.92 Å². The molecule has 3 N–H and O–H groups in total. The summed E-state index contributed by atoms with van der Waals surface area (Å²) in [4.78, 5) is 15.8. The van der Waals surface area contributed by atoms with Crippen LogP contribution in [0.15, 0.2) is 24.5 Å². The number of aromatic nitrogens is 1. The number of carbonyl (C=O) groups is 1. The molecule has 1 aliphatic rings. The van der Waals surface area contributed by atoms with Gasteiger partial charge in [-0.1, -0.05) is 6.07 Å². The largest absolute Gasteiger partial charge is 0.356 e. The van der Waals surface area contributed by atoms with Crippen molar-refractivity contribution >= 4 is 5.91 Å². The number of nitrogens with zero attached hydrogens (tertiary/aromatic N) is 1. The maximum absolute atomic E-state index is 11.8. The average Bonchev–Trinajstić information content (AvgIpc) is 2.82. The third kappa shape index (κ3) is 5.10. The summed E-state index contributed by atoms with van der Waals surface area (Å²) in [6, 6.07) is 4.91. The molecular formula is C16H26N4O. The van der Waals surface area contributed by atoms with Crippen molar-refractivity contribution in [3.8, 4) is 0 Å². The standard InChI is InChI=1S/C16H26N4O/c1-12-15(13(2)20-19-12)6-4-10-18-16(21)8-7-14-5-3-9-17-11-14/h3,5,9,11-13,15,19-20H,4,6-8,10H2,1-2H3,(H,18,21).